The minimum atomic E-state index is -0.421. The molecule has 106 valence electrons. The van der Waals surface area contributed by atoms with Crippen molar-refractivity contribution in [3.8, 4) is 0 Å². The third kappa shape index (κ3) is 3.94. The Morgan fingerprint density at radius 3 is 2.95 bits per heavy atom. The number of hydrogen-bond donors (Lipinski definition) is 3. The summed E-state index contributed by atoms with van der Waals surface area (Å²) in [4.78, 5) is 41.1. The molecule has 0 aliphatic heterocycles. The lowest BCUT2D eigenvalue weighted by atomic mass is 10.3. The first-order chi connectivity index (χ1) is 9.65. The molecule has 2 rings (SSSR count). The Bertz CT molecular complexity index is 671. The van der Waals surface area contributed by atoms with Gasteiger partial charge in [-0.2, -0.15) is 0 Å². The van der Waals surface area contributed by atoms with Gasteiger partial charge in [0.1, 0.15) is 12.4 Å². The van der Waals surface area contributed by atoms with E-state index in [9.17, 15) is 14.4 Å². The number of aryl methyl sites for hydroxylation is 1. The molecular weight excluding hydrogens is 262 g/mol. The number of nitrogens with zero attached hydrogens (tertiary/aromatic N) is 2. The van der Waals surface area contributed by atoms with Crippen LogP contribution in [-0.2, 0) is 17.8 Å². The van der Waals surface area contributed by atoms with Crippen LogP contribution in [0.1, 0.15) is 12.2 Å². The summed E-state index contributed by atoms with van der Waals surface area (Å²) >= 11 is 0. The van der Waals surface area contributed by atoms with E-state index in [0.29, 0.717) is 6.54 Å². The van der Waals surface area contributed by atoms with Crippen molar-refractivity contribution < 1.29 is 4.79 Å². The van der Waals surface area contributed by atoms with Crippen LogP contribution >= 0.6 is 0 Å². The first-order valence-corrected chi connectivity index (χ1v) is 6.20. The Hall–Kier alpha value is -2.64. The summed E-state index contributed by atoms with van der Waals surface area (Å²) in [5.41, 5.74) is -0.842. The number of imidazole rings is 1. The Morgan fingerprint density at radius 1 is 1.35 bits per heavy atom. The zero-order valence-electron chi connectivity index (χ0n) is 10.8. The van der Waals surface area contributed by atoms with E-state index in [2.05, 4.69) is 20.4 Å². The number of H-pyrrole nitrogens is 2. The third-order valence-corrected chi connectivity index (χ3v) is 2.66. The summed E-state index contributed by atoms with van der Waals surface area (Å²) < 4.78 is 0.976. The first kappa shape index (κ1) is 13.8. The fraction of sp³-hybridized carbons (Fsp3) is 0.333. The van der Waals surface area contributed by atoms with Crippen molar-refractivity contribution in [1.82, 2.24) is 25.1 Å². The lowest BCUT2D eigenvalue weighted by molar-refractivity contribution is -0.121. The van der Waals surface area contributed by atoms with E-state index < -0.39 is 11.1 Å². The molecule has 0 unspecified atom stereocenters. The van der Waals surface area contributed by atoms with Gasteiger partial charge in [0.25, 0.3) is 11.1 Å². The molecule has 0 spiro atoms. The molecule has 1 amide bonds. The van der Waals surface area contributed by atoms with Crippen LogP contribution in [0.5, 0.6) is 0 Å². The number of aromatic amines is 2. The minimum absolute atomic E-state index is 0.199. The van der Waals surface area contributed by atoms with Crippen molar-refractivity contribution in [2.45, 2.75) is 19.4 Å². The predicted octanol–water partition coefficient (Wildman–Crippen LogP) is -0.991. The highest BCUT2D eigenvalue weighted by Gasteiger charge is 2.04. The highest BCUT2D eigenvalue weighted by molar-refractivity contribution is 5.75. The van der Waals surface area contributed by atoms with Crippen LogP contribution in [0.25, 0.3) is 0 Å². The van der Waals surface area contributed by atoms with Gasteiger partial charge < -0.3 is 10.3 Å². The Balaban J connectivity index is 1.76. The summed E-state index contributed by atoms with van der Waals surface area (Å²) in [5, 5.41) is 4.97. The van der Waals surface area contributed by atoms with Gasteiger partial charge in [0.05, 0.1) is 0 Å². The van der Waals surface area contributed by atoms with E-state index >= 15 is 0 Å². The highest BCUT2D eigenvalue weighted by atomic mass is 16.2. The normalized spacial score (nSPS) is 10.4. The molecule has 2 aromatic rings. The molecule has 3 N–H and O–H groups in total. The largest absolute Gasteiger partial charge is 0.354 e. The number of nitrogens with one attached hydrogen (secondary N) is 3. The molecule has 0 saturated carbocycles. The van der Waals surface area contributed by atoms with Gasteiger partial charge >= 0.3 is 0 Å². The molecule has 0 saturated heterocycles. The van der Waals surface area contributed by atoms with Crippen LogP contribution in [0, 0.1) is 0 Å². The average molecular weight is 277 g/mol. The first-order valence-electron chi connectivity index (χ1n) is 6.20. The lowest BCUT2D eigenvalue weighted by Crippen LogP contribution is -2.36. The molecule has 0 fully saturated rings. The quantitative estimate of drug-likeness (QED) is 0.588. The van der Waals surface area contributed by atoms with E-state index in [0.717, 1.165) is 35.5 Å². The molecular formula is C12H15N5O3. The van der Waals surface area contributed by atoms with Gasteiger partial charge in [-0.15, -0.1) is 0 Å². The second-order valence-electron chi connectivity index (χ2n) is 4.22. The second kappa shape index (κ2) is 6.50. The fourth-order valence-corrected chi connectivity index (χ4v) is 1.70. The van der Waals surface area contributed by atoms with E-state index in [-0.39, 0.29) is 12.5 Å². The van der Waals surface area contributed by atoms with Gasteiger partial charge in [0.2, 0.25) is 5.91 Å². The minimum Gasteiger partial charge on any atom is -0.354 e. The van der Waals surface area contributed by atoms with Crippen molar-refractivity contribution in [1.29, 1.82) is 0 Å². The number of carbonyl (C=O) groups excluding carboxylic acids is 1. The van der Waals surface area contributed by atoms with Gasteiger partial charge in [-0.05, 0) is 6.42 Å². The molecule has 2 heterocycles. The molecule has 0 radical (unpaired) electrons. The molecule has 0 aliphatic rings. The van der Waals surface area contributed by atoms with Gasteiger partial charge in [0, 0.05) is 37.5 Å². The zero-order chi connectivity index (χ0) is 14.4. The molecule has 8 nitrogen and oxygen atoms in total. The van der Waals surface area contributed by atoms with Crippen molar-refractivity contribution in [3.63, 3.8) is 0 Å². The molecule has 20 heavy (non-hydrogen) atoms. The summed E-state index contributed by atoms with van der Waals surface area (Å²) in [6.07, 6.45) is 4.88. The van der Waals surface area contributed by atoms with Crippen LogP contribution in [-0.4, -0.2) is 32.2 Å². The predicted molar refractivity (Wildman–Crippen MR) is 71.2 cm³/mol. The van der Waals surface area contributed by atoms with Crippen molar-refractivity contribution in [2.75, 3.05) is 6.54 Å². The van der Waals surface area contributed by atoms with Crippen molar-refractivity contribution in [2.24, 2.45) is 0 Å². The second-order valence-corrected chi connectivity index (χ2v) is 4.22. The molecule has 0 bridgehead atoms. The summed E-state index contributed by atoms with van der Waals surface area (Å²) in [6, 6.07) is 2.25. The maximum absolute atomic E-state index is 11.6. The maximum Gasteiger partial charge on any atom is 0.265 e. The summed E-state index contributed by atoms with van der Waals surface area (Å²) in [6.45, 7) is 0.279. The van der Waals surface area contributed by atoms with Crippen LogP contribution < -0.4 is 16.4 Å². The Labute approximate surface area is 113 Å². The zero-order valence-corrected chi connectivity index (χ0v) is 10.8. The Kier molecular flexibility index (Phi) is 4.48. The Morgan fingerprint density at radius 2 is 2.20 bits per heavy atom. The monoisotopic (exact) mass is 277 g/mol. The smallest absolute Gasteiger partial charge is 0.265 e. The molecule has 0 atom stereocenters. The van der Waals surface area contributed by atoms with E-state index in [4.69, 9.17) is 0 Å². The van der Waals surface area contributed by atoms with Crippen molar-refractivity contribution >= 4 is 5.91 Å². The van der Waals surface area contributed by atoms with Gasteiger partial charge in [0.15, 0.2) is 0 Å². The fourth-order valence-electron chi connectivity index (χ4n) is 1.70. The number of amides is 1. The average Bonchev–Trinajstić information content (AvgIpc) is 2.92. The van der Waals surface area contributed by atoms with E-state index in [1.165, 1.54) is 0 Å². The SMILES string of the molecule is O=C(Cn1[nH]c(=O)ccc1=O)NCCCc1ncc[nH]1. The molecule has 0 aromatic carbocycles. The van der Waals surface area contributed by atoms with Crippen LogP contribution in [0.4, 0.5) is 0 Å². The van der Waals surface area contributed by atoms with Crippen LogP contribution in [0.3, 0.4) is 0 Å². The number of carbonyl (C=O) groups is 1. The van der Waals surface area contributed by atoms with Gasteiger partial charge in [-0.1, -0.05) is 0 Å². The van der Waals surface area contributed by atoms with Crippen molar-refractivity contribution in [3.05, 3.63) is 51.1 Å². The van der Waals surface area contributed by atoms with E-state index in [1.807, 2.05) is 0 Å². The number of rotatable bonds is 6. The number of hydrogen-bond acceptors (Lipinski definition) is 4. The highest BCUT2D eigenvalue weighted by Crippen LogP contribution is 1.93. The van der Waals surface area contributed by atoms with Gasteiger partial charge in [-0.25, -0.2) is 9.67 Å². The third-order valence-electron chi connectivity index (χ3n) is 2.66. The molecule has 8 heteroatoms. The number of aromatic nitrogens is 4. The maximum atomic E-state index is 11.6. The summed E-state index contributed by atoms with van der Waals surface area (Å²) in [5.74, 6) is 0.538. The topological polar surface area (TPSA) is 113 Å². The standard InChI is InChI=1S/C12H15N5O3/c18-10-3-4-12(20)17(16-10)8-11(19)15-5-1-2-9-13-6-7-14-9/h3-4,6-7H,1-2,5,8H2,(H,13,14)(H,15,19)(H,16,18). The lowest BCUT2D eigenvalue weighted by Gasteiger charge is -2.06. The van der Waals surface area contributed by atoms with Crippen LogP contribution in [0.15, 0.2) is 34.1 Å². The van der Waals surface area contributed by atoms with Crippen LogP contribution in [0.2, 0.25) is 0 Å². The summed E-state index contributed by atoms with van der Waals surface area (Å²) in [7, 11) is 0. The van der Waals surface area contributed by atoms with E-state index in [1.54, 1.807) is 12.4 Å². The molecule has 2 aromatic heterocycles. The van der Waals surface area contributed by atoms with Gasteiger partial charge in [-0.3, -0.25) is 19.5 Å². The molecule has 0 aliphatic carbocycles.